The monoisotopic (exact) mass is 531 g/mol. The number of phenolic OH excluding ortho intramolecular Hbond substituents is 1. The van der Waals surface area contributed by atoms with E-state index in [1.165, 1.54) is 24.3 Å². The van der Waals surface area contributed by atoms with Gasteiger partial charge in [0, 0.05) is 18.8 Å². The summed E-state index contributed by atoms with van der Waals surface area (Å²) in [5.41, 5.74) is 2.77. The van der Waals surface area contributed by atoms with Crippen LogP contribution in [0.2, 0.25) is 0 Å². The average molecular weight is 532 g/mol. The number of pyridine rings is 2. The molecule has 1 saturated heterocycles. The summed E-state index contributed by atoms with van der Waals surface area (Å²) >= 11 is 0. The van der Waals surface area contributed by atoms with Gasteiger partial charge in [-0.1, -0.05) is 26.0 Å². The first-order chi connectivity index (χ1) is 18.7. The number of halogens is 2. The van der Waals surface area contributed by atoms with Crippen LogP contribution in [0.4, 0.5) is 20.3 Å². The van der Waals surface area contributed by atoms with Gasteiger partial charge in [-0.2, -0.15) is 0 Å². The van der Waals surface area contributed by atoms with Crippen molar-refractivity contribution in [2.75, 3.05) is 18.1 Å². The third-order valence-corrected chi connectivity index (χ3v) is 7.77. The maximum Gasteiger partial charge on any atom is 0.150 e. The molecule has 3 aromatic rings. The predicted molar refractivity (Wildman–Crippen MR) is 152 cm³/mol. The highest BCUT2D eigenvalue weighted by molar-refractivity contribution is 6.05. The summed E-state index contributed by atoms with van der Waals surface area (Å²) in [6.45, 7) is 13.3. The summed E-state index contributed by atoms with van der Waals surface area (Å²) in [7, 11) is 0. The summed E-state index contributed by atoms with van der Waals surface area (Å²) in [4.78, 5) is 18.5. The van der Waals surface area contributed by atoms with E-state index in [2.05, 4.69) is 37.2 Å². The Morgan fingerprint density at radius 1 is 1.21 bits per heavy atom. The second-order valence-corrected chi connectivity index (χ2v) is 10.8. The molecule has 6 nitrogen and oxygen atoms in total. The SMILES string of the molecule is C=CCC1CCN(C2=NCN(c3c(C)ccnc3C(C)C)c3nc(-c4c(O)cccc4F)c(F)cc32)[C@@H](C)C1. The van der Waals surface area contributed by atoms with Gasteiger partial charge in [0.05, 0.1) is 22.5 Å². The molecule has 8 heteroatoms. The number of phenols is 1. The fraction of sp³-hybridized carbons (Fsp3) is 0.387. The van der Waals surface area contributed by atoms with Crippen LogP contribution in [0.3, 0.4) is 0 Å². The Bertz CT molecular complexity index is 1420. The second kappa shape index (κ2) is 10.8. The zero-order valence-electron chi connectivity index (χ0n) is 23.0. The van der Waals surface area contributed by atoms with Crippen molar-refractivity contribution >= 4 is 17.3 Å². The van der Waals surface area contributed by atoms with Gasteiger partial charge in [-0.05, 0) is 74.8 Å². The van der Waals surface area contributed by atoms with E-state index in [0.29, 0.717) is 23.1 Å². The number of aliphatic imine (C=N–C) groups is 1. The van der Waals surface area contributed by atoms with Crippen LogP contribution in [0.1, 0.15) is 62.8 Å². The molecule has 0 amide bonds. The topological polar surface area (TPSA) is 64.9 Å². The molecule has 2 aliphatic rings. The van der Waals surface area contributed by atoms with E-state index in [0.717, 1.165) is 42.8 Å². The molecular weight excluding hydrogens is 496 g/mol. The Balaban J connectivity index is 1.69. The molecule has 39 heavy (non-hydrogen) atoms. The normalized spacial score (nSPS) is 19.2. The zero-order valence-corrected chi connectivity index (χ0v) is 23.0. The van der Waals surface area contributed by atoms with Crippen LogP contribution < -0.4 is 4.90 Å². The first-order valence-electron chi connectivity index (χ1n) is 13.5. The average Bonchev–Trinajstić information content (AvgIpc) is 2.89. The molecule has 204 valence electrons. The highest BCUT2D eigenvalue weighted by atomic mass is 19.1. The van der Waals surface area contributed by atoms with Crippen LogP contribution in [-0.2, 0) is 0 Å². The maximum atomic E-state index is 15.8. The molecule has 1 aromatic carbocycles. The minimum atomic E-state index is -0.740. The summed E-state index contributed by atoms with van der Waals surface area (Å²) in [5.74, 6) is 0.0124. The smallest absolute Gasteiger partial charge is 0.150 e. The van der Waals surface area contributed by atoms with Crippen LogP contribution in [0, 0.1) is 24.5 Å². The Hall–Kier alpha value is -3.81. The van der Waals surface area contributed by atoms with Gasteiger partial charge in [-0.3, -0.25) is 4.98 Å². The number of anilines is 2. The van der Waals surface area contributed by atoms with Gasteiger partial charge < -0.3 is 14.9 Å². The molecule has 0 bridgehead atoms. The molecule has 1 unspecified atom stereocenters. The number of amidine groups is 1. The number of aryl methyl sites for hydroxylation is 1. The maximum absolute atomic E-state index is 15.8. The van der Waals surface area contributed by atoms with E-state index in [1.54, 1.807) is 6.20 Å². The molecule has 5 rings (SSSR count). The minimum absolute atomic E-state index is 0.119. The van der Waals surface area contributed by atoms with Gasteiger partial charge in [-0.25, -0.2) is 18.8 Å². The fourth-order valence-electron chi connectivity index (χ4n) is 5.86. The number of fused-ring (bicyclic) bond motifs is 1. The van der Waals surface area contributed by atoms with Crippen molar-refractivity contribution in [2.24, 2.45) is 10.9 Å². The Morgan fingerprint density at radius 3 is 2.69 bits per heavy atom. The van der Waals surface area contributed by atoms with Crippen molar-refractivity contribution < 1.29 is 13.9 Å². The quantitative estimate of drug-likeness (QED) is 0.356. The fourth-order valence-corrected chi connectivity index (χ4v) is 5.86. The number of piperidine rings is 1. The zero-order chi connectivity index (χ0) is 27.8. The van der Waals surface area contributed by atoms with Crippen molar-refractivity contribution in [3.05, 3.63) is 77.6 Å². The lowest BCUT2D eigenvalue weighted by atomic mass is 9.88. The number of benzene rings is 1. The van der Waals surface area contributed by atoms with Crippen molar-refractivity contribution in [1.82, 2.24) is 14.9 Å². The Kier molecular flexibility index (Phi) is 7.38. The van der Waals surface area contributed by atoms with Crippen LogP contribution in [-0.4, -0.2) is 45.1 Å². The van der Waals surface area contributed by atoms with Gasteiger partial charge in [0.25, 0.3) is 0 Å². The van der Waals surface area contributed by atoms with Gasteiger partial charge in [0.1, 0.15) is 35.6 Å². The highest BCUT2D eigenvalue weighted by Gasteiger charge is 2.35. The third-order valence-electron chi connectivity index (χ3n) is 7.77. The van der Waals surface area contributed by atoms with Crippen molar-refractivity contribution in [3.63, 3.8) is 0 Å². The van der Waals surface area contributed by atoms with Crippen molar-refractivity contribution in [3.8, 4) is 17.0 Å². The lowest BCUT2D eigenvalue weighted by Crippen LogP contribution is -2.47. The molecule has 2 atom stereocenters. The number of allylic oxidation sites excluding steroid dienone is 1. The number of nitrogens with zero attached hydrogens (tertiary/aromatic N) is 5. The van der Waals surface area contributed by atoms with Crippen LogP contribution in [0.25, 0.3) is 11.3 Å². The van der Waals surface area contributed by atoms with Gasteiger partial charge in [0.15, 0.2) is 5.82 Å². The van der Waals surface area contributed by atoms with Gasteiger partial charge >= 0.3 is 0 Å². The highest BCUT2D eigenvalue weighted by Crippen LogP contribution is 2.41. The minimum Gasteiger partial charge on any atom is -0.507 e. The Labute approximate surface area is 228 Å². The first kappa shape index (κ1) is 26.8. The lowest BCUT2D eigenvalue weighted by molar-refractivity contribution is 0.200. The number of likely N-dealkylation sites (tertiary alicyclic amines) is 1. The van der Waals surface area contributed by atoms with Crippen molar-refractivity contribution in [2.45, 2.75) is 58.9 Å². The summed E-state index contributed by atoms with van der Waals surface area (Å²) in [6, 6.07) is 7.43. The van der Waals surface area contributed by atoms with E-state index in [-0.39, 0.29) is 35.6 Å². The molecule has 1 N–H and O–H groups in total. The molecule has 0 radical (unpaired) electrons. The van der Waals surface area contributed by atoms with Gasteiger partial charge in [-0.15, -0.1) is 6.58 Å². The standard InChI is InChI=1S/C31H35F2N5O/c1-6-8-21-12-14-37(20(5)15-21)30-22-16-24(33)28(26-23(32)9-7-10-25(26)39)36-31(22)38(17-35-30)29-19(4)11-13-34-27(29)18(2)3/h6-7,9-11,13,16,18,20-21,39H,1,8,12,14-15,17H2,2-5H3/t20-,21?/m0/s1. The van der Waals surface area contributed by atoms with Crippen LogP contribution >= 0.6 is 0 Å². The molecule has 0 aliphatic carbocycles. The number of hydrogen-bond donors (Lipinski definition) is 1. The van der Waals surface area contributed by atoms with Crippen LogP contribution in [0.5, 0.6) is 5.75 Å². The summed E-state index contributed by atoms with van der Waals surface area (Å²) in [6.07, 6.45) is 6.70. The van der Waals surface area contributed by atoms with E-state index in [4.69, 9.17) is 9.98 Å². The number of rotatable bonds is 5. The molecule has 2 aromatic heterocycles. The largest absolute Gasteiger partial charge is 0.507 e. The third kappa shape index (κ3) is 4.88. The number of aromatic hydroxyl groups is 1. The molecule has 1 fully saturated rings. The van der Waals surface area contributed by atoms with Crippen LogP contribution in [0.15, 0.2) is 54.2 Å². The molecule has 0 saturated carbocycles. The first-order valence-corrected chi connectivity index (χ1v) is 13.5. The molecular formula is C31H35F2N5O. The Morgan fingerprint density at radius 2 is 2.00 bits per heavy atom. The van der Waals surface area contributed by atoms with E-state index < -0.39 is 11.6 Å². The van der Waals surface area contributed by atoms with Gasteiger partial charge in [0.2, 0.25) is 0 Å². The number of hydrogen-bond acceptors (Lipinski definition) is 6. The van der Waals surface area contributed by atoms with E-state index in [1.807, 2.05) is 24.0 Å². The molecule has 4 heterocycles. The molecule has 0 spiro atoms. The van der Waals surface area contributed by atoms with Crippen molar-refractivity contribution in [1.29, 1.82) is 0 Å². The number of aromatic nitrogens is 2. The lowest BCUT2D eigenvalue weighted by Gasteiger charge is -2.42. The summed E-state index contributed by atoms with van der Waals surface area (Å²) < 4.78 is 30.7. The summed E-state index contributed by atoms with van der Waals surface area (Å²) in [5, 5.41) is 10.5. The predicted octanol–water partition coefficient (Wildman–Crippen LogP) is 7.09. The molecule has 2 aliphatic heterocycles. The van der Waals surface area contributed by atoms with E-state index in [9.17, 15) is 9.50 Å². The second-order valence-electron chi connectivity index (χ2n) is 10.8. The van der Waals surface area contributed by atoms with E-state index >= 15 is 4.39 Å².